The molecule has 0 fully saturated rings. The van der Waals surface area contributed by atoms with Crippen molar-refractivity contribution in [2.75, 3.05) is 24.2 Å². The van der Waals surface area contributed by atoms with Crippen molar-refractivity contribution >= 4 is 37.5 Å². The third-order valence-electron chi connectivity index (χ3n) is 2.72. The highest BCUT2D eigenvalue weighted by Gasteiger charge is 2.16. The SMILES string of the molecule is CNc1ccc(S(=O)(=O)Nc2cc(OC)ccc2Br)cn1. The summed E-state index contributed by atoms with van der Waals surface area (Å²) in [7, 11) is -0.485. The summed E-state index contributed by atoms with van der Waals surface area (Å²) < 4.78 is 32.8. The van der Waals surface area contributed by atoms with Crippen LogP contribution in [0.3, 0.4) is 0 Å². The van der Waals surface area contributed by atoms with E-state index >= 15 is 0 Å². The quantitative estimate of drug-likeness (QED) is 0.844. The lowest BCUT2D eigenvalue weighted by Crippen LogP contribution is -2.13. The minimum atomic E-state index is -3.71. The number of nitrogens with zero attached hydrogens (tertiary/aromatic N) is 1. The number of hydrogen-bond acceptors (Lipinski definition) is 5. The van der Waals surface area contributed by atoms with E-state index in [2.05, 4.69) is 31.0 Å². The second-order valence-electron chi connectivity index (χ2n) is 4.08. The molecule has 0 atom stereocenters. The van der Waals surface area contributed by atoms with E-state index in [-0.39, 0.29) is 4.90 Å². The molecule has 0 unspecified atom stereocenters. The Kier molecular flexibility index (Phi) is 4.69. The van der Waals surface area contributed by atoms with Crippen molar-refractivity contribution in [3.8, 4) is 5.75 Å². The zero-order chi connectivity index (χ0) is 15.5. The molecule has 2 aromatic rings. The van der Waals surface area contributed by atoms with Crippen LogP contribution >= 0.6 is 15.9 Å². The fourth-order valence-electron chi connectivity index (χ4n) is 1.60. The monoisotopic (exact) mass is 371 g/mol. The van der Waals surface area contributed by atoms with E-state index in [0.717, 1.165) is 0 Å². The molecule has 21 heavy (non-hydrogen) atoms. The maximum absolute atomic E-state index is 12.3. The van der Waals surface area contributed by atoms with Crippen LogP contribution in [0.5, 0.6) is 5.75 Å². The van der Waals surface area contributed by atoms with E-state index in [0.29, 0.717) is 21.7 Å². The van der Waals surface area contributed by atoms with Crippen LogP contribution in [0.2, 0.25) is 0 Å². The van der Waals surface area contributed by atoms with Gasteiger partial charge in [-0.2, -0.15) is 0 Å². The van der Waals surface area contributed by atoms with Crippen LogP contribution in [0.25, 0.3) is 0 Å². The average Bonchev–Trinajstić information content (AvgIpc) is 2.49. The predicted octanol–water partition coefficient (Wildman–Crippen LogP) is 2.70. The molecule has 1 aromatic heterocycles. The van der Waals surface area contributed by atoms with Crippen LogP contribution in [0, 0.1) is 0 Å². The van der Waals surface area contributed by atoms with Gasteiger partial charge >= 0.3 is 0 Å². The predicted molar refractivity (Wildman–Crippen MR) is 85.3 cm³/mol. The van der Waals surface area contributed by atoms with Gasteiger partial charge in [0.15, 0.2) is 0 Å². The molecule has 0 radical (unpaired) electrons. The summed E-state index contributed by atoms with van der Waals surface area (Å²) in [6.07, 6.45) is 1.29. The molecule has 2 rings (SSSR count). The van der Waals surface area contributed by atoms with Crippen molar-refractivity contribution in [3.63, 3.8) is 0 Å². The highest BCUT2D eigenvalue weighted by molar-refractivity contribution is 9.10. The van der Waals surface area contributed by atoms with Gasteiger partial charge in [0.25, 0.3) is 10.0 Å². The van der Waals surface area contributed by atoms with E-state index in [1.54, 1.807) is 31.3 Å². The number of pyridine rings is 1. The van der Waals surface area contributed by atoms with E-state index < -0.39 is 10.0 Å². The molecular formula is C13H14BrN3O3S. The fourth-order valence-corrected chi connectivity index (χ4v) is 3.09. The van der Waals surface area contributed by atoms with Crippen molar-refractivity contribution < 1.29 is 13.2 Å². The Morgan fingerprint density at radius 2 is 2.00 bits per heavy atom. The van der Waals surface area contributed by atoms with Gasteiger partial charge in [-0.1, -0.05) is 0 Å². The lowest BCUT2D eigenvalue weighted by Gasteiger charge is -2.11. The number of hydrogen-bond donors (Lipinski definition) is 2. The Morgan fingerprint density at radius 3 is 2.57 bits per heavy atom. The molecule has 0 aliphatic carbocycles. The molecule has 0 amide bonds. The van der Waals surface area contributed by atoms with Crippen molar-refractivity contribution in [3.05, 3.63) is 41.0 Å². The van der Waals surface area contributed by atoms with E-state index in [4.69, 9.17) is 4.74 Å². The first-order valence-electron chi connectivity index (χ1n) is 5.96. The summed E-state index contributed by atoms with van der Waals surface area (Å²) in [5.74, 6) is 1.15. The minimum absolute atomic E-state index is 0.0798. The van der Waals surface area contributed by atoms with Crippen molar-refractivity contribution in [1.29, 1.82) is 0 Å². The number of anilines is 2. The van der Waals surface area contributed by atoms with Crippen molar-refractivity contribution in [2.24, 2.45) is 0 Å². The fraction of sp³-hybridized carbons (Fsp3) is 0.154. The maximum Gasteiger partial charge on any atom is 0.263 e. The van der Waals surface area contributed by atoms with Gasteiger partial charge < -0.3 is 10.1 Å². The Hall–Kier alpha value is -1.80. The van der Waals surface area contributed by atoms with Crippen LogP contribution in [-0.4, -0.2) is 27.6 Å². The van der Waals surface area contributed by atoms with Gasteiger partial charge in [0, 0.05) is 23.8 Å². The molecule has 1 heterocycles. The summed E-state index contributed by atoms with van der Waals surface area (Å²) in [6.45, 7) is 0. The molecule has 0 aliphatic rings. The van der Waals surface area contributed by atoms with E-state index in [1.165, 1.54) is 19.4 Å². The number of nitrogens with one attached hydrogen (secondary N) is 2. The number of sulfonamides is 1. The first kappa shape index (κ1) is 15.6. The molecule has 0 saturated carbocycles. The minimum Gasteiger partial charge on any atom is -0.497 e. The van der Waals surface area contributed by atoms with Crippen LogP contribution < -0.4 is 14.8 Å². The number of ether oxygens (including phenoxy) is 1. The summed E-state index contributed by atoms with van der Waals surface area (Å²) in [5, 5.41) is 2.83. The van der Waals surface area contributed by atoms with Crippen LogP contribution in [0.4, 0.5) is 11.5 Å². The second-order valence-corrected chi connectivity index (χ2v) is 6.62. The van der Waals surface area contributed by atoms with Crippen molar-refractivity contribution in [1.82, 2.24) is 4.98 Å². The van der Waals surface area contributed by atoms with Gasteiger partial charge in [-0.15, -0.1) is 0 Å². The average molecular weight is 372 g/mol. The molecule has 0 bridgehead atoms. The maximum atomic E-state index is 12.3. The Bertz CT molecular complexity index is 733. The molecular weight excluding hydrogens is 358 g/mol. The van der Waals surface area contributed by atoms with Crippen LogP contribution in [-0.2, 0) is 10.0 Å². The molecule has 8 heteroatoms. The van der Waals surface area contributed by atoms with Gasteiger partial charge in [-0.05, 0) is 40.2 Å². The highest BCUT2D eigenvalue weighted by atomic mass is 79.9. The van der Waals surface area contributed by atoms with Gasteiger partial charge in [0.1, 0.15) is 16.5 Å². The largest absolute Gasteiger partial charge is 0.497 e. The molecule has 0 saturated heterocycles. The topological polar surface area (TPSA) is 80.3 Å². The Balaban J connectivity index is 2.32. The molecule has 112 valence electrons. The van der Waals surface area contributed by atoms with Gasteiger partial charge in [-0.25, -0.2) is 13.4 Å². The van der Waals surface area contributed by atoms with Crippen molar-refractivity contribution in [2.45, 2.75) is 4.90 Å². The molecule has 2 N–H and O–H groups in total. The second kappa shape index (κ2) is 6.31. The van der Waals surface area contributed by atoms with Gasteiger partial charge in [0.05, 0.1) is 12.8 Å². The van der Waals surface area contributed by atoms with Gasteiger partial charge in [0.2, 0.25) is 0 Å². The molecule has 0 spiro atoms. The van der Waals surface area contributed by atoms with Crippen LogP contribution in [0.15, 0.2) is 45.9 Å². The normalized spacial score (nSPS) is 11.0. The highest BCUT2D eigenvalue weighted by Crippen LogP contribution is 2.29. The lowest BCUT2D eigenvalue weighted by atomic mass is 10.3. The summed E-state index contributed by atoms with van der Waals surface area (Å²) >= 11 is 3.30. The standard InChI is InChI=1S/C13H14BrN3O3S/c1-15-13-6-4-10(8-16-13)21(18,19)17-12-7-9(20-2)3-5-11(12)14/h3-8,17H,1-2H3,(H,15,16). The molecule has 6 nitrogen and oxygen atoms in total. The van der Waals surface area contributed by atoms with E-state index in [9.17, 15) is 8.42 Å². The molecule has 1 aromatic carbocycles. The third-order valence-corrected chi connectivity index (χ3v) is 4.76. The summed E-state index contributed by atoms with van der Waals surface area (Å²) in [6, 6.07) is 8.10. The van der Waals surface area contributed by atoms with Gasteiger partial charge in [-0.3, -0.25) is 4.72 Å². The van der Waals surface area contributed by atoms with Crippen LogP contribution in [0.1, 0.15) is 0 Å². The Morgan fingerprint density at radius 1 is 1.24 bits per heavy atom. The zero-order valence-corrected chi connectivity index (χ0v) is 13.8. The first-order valence-corrected chi connectivity index (χ1v) is 8.24. The lowest BCUT2D eigenvalue weighted by molar-refractivity contribution is 0.415. The number of methoxy groups -OCH3 is 1. The number of aromatic nitrogens is 1. The summed E-state index contributed by atoms with van der Waals surface area (Å²) in [4.78, 5) is 4.07. The molecule has 0 aliphatic heterocycles. The number of halogens is 1. The smallest absolute Gasteiger partial charge is 0.263 e. The first-order chi connectivity index (χ1) is 9.96. The zero-order valence-electron chi connectivity index (χ0n) is 11.4. The Labute approximate surface area is 131 Å². The van der Waals surface area contributed by atoms with E-state index in [1.807, 2.05) is 0 Å². The number of rotatable bonds is 5. The number of benzene rings is 1. The summed E-state index contributed by atoms with van der Waals surface area (Å²) in [5.41, 5.74) is 0.395. The third kappa shape index (κ3) is 3.64.